The molecule has 1 fully saturated rings. The molecular formula is C10H11F3N2O. The molecule has 1 aromatic heterocycles. The molecule has 88 valence electrons. The second-order valence-corrected chi connectivity index (χ2v) is 3.69. The minimum Gasteiger partial charge on any atom is -0.379 e. The first-order valence-electron chi connectivity index (χ1n) is 4.91. The third-order valence-electron chi connectivity index (χ3n) is 2.66. The Balaban J connectivity index is 2.28. The van der Waals surface area contributed by atoms with Gasteiger partial charge in [-0.15, -0.1) is 0 Å². The number of hydrogen-bond donors (Lipinski definition) is 0. The molecule has 0 amide bonds. The lowest BCUT2D eigenvalue weighted by molar-refractivity contribution is 0.193. The van der Waals surface area contributed by atoms with Crippen LogP contribution in [0.5, 0.6) is 0 Å². The van der Waals surface area contributed by atoms with Gasteiger partial charge in [0.2, 0.25) is 0 Å². The summed E-state index contributed by atoms with van der Waals surface area (Å²) in [7, 11) is 1.59. The lowest BCUT2D eigenvalue weighted by Crippen LogP contribution is -2.33. The molecule has 6 heteroatoms. The van der Waals surface area contributed by atoms with E-state index in [9.17, 15) is 13.2 Å². The largest absolute Gasteiger partial charge is 0.379 e. The molecule has 1 atom stereocenters. The van der Waals surface area contributed by atoms with Crippen LogP contribution in [0.15, 0.2) is 6.07 Å². The van der Waals surface area contributed by atoms with Crippen LogP contribution in [-0.2, 0) is 4.74 Å². The Morgan fingerprint density at radius 2 is 2.12 bits per heavy atom. The maximum absolute atomic E-state index is 13.4. The van der Waals surface area contributed by atoms with Crippen molar-refractivity contribution >= 4 is 5.82 Å². The molecule has 16 heavy (non-hydrogen) atoms. The van der Waals surface area contributed by atoms with Crippen molar-refractivity contribution in [3.8, 4) is 0 Å². The monoisotopic (exact) mass is 232 g/mol. The molecule has 0 N–H and O–H groups in total. The van der Waals surface area contributed by atoms with E-state index in [0.717, 1.165) is 6.42 Å². The summed E-state index contributed by atoms with van der Waals surface area (Å²) in [6.45, 7) is 1.02. The summed E-state index contributed by atoms with van der Waals surface area (Å²) in [6, 6.07) is 0.455. The van der Waals surface area contributed by atoms with Crippen LogP contribution in [0.2, 0.25) is 0 Å². The van der Waals surface area contributed by atoms with Gasteiger partial charge in [-0.05, 0) is 6.42 Å². The lowest BCUT2D eigenvalue weighted by atomic mass is 10.2. The van der Waals surface area contributed by atoms with Crippen LogP contribution < -0.4 is 4.90 Å². The zero-order valence-electron chi connectivity index (χ0n) is 8.71. The number of pyridine rings is 1. The van der Waals surface area contributed by atoms with Crippen LogP contribution in [-0.4, -0.2) is 31.3 Å². The van der Waals surface area contributed by atoms with Crippen molar-refractivity contribution in [2.75, 3.05) is 25.2 Å². The van der Waals surface area contributed by atoms with Gasteiger partial charge in [-0.25, -0.2) is 8.78 Å². The Labute approximate surface area is 90.8 Å². The molecule has 2 rings (SSSR count). The zero-order valence-corrected chi connectivity index (χ0v) is 8.71. The number of anilines is 1. The summed E-state index contributed by atoms with van der Waals surface area (Å²) in [5, 5.41) is 0. The first-order chi connectivity index (χ1) is 7.59. The highest BCUT2D eigenvalue weighted by Gasteiger charge is 2.24. The van der Waals surface area contributed by atoms with Crippen molar-refractivity contribution in [2.24, 2.45) is 0 Å². The Morgan fingerprint density at radius 3 is 2.75 bits per heavy atom. The molecule has 0 bridgehead atoms. The summed E-state index contributed by atoms with van der Waals surface area (Å²) < 4.78 is 44.1. The maximum atomic E-state index is 13.4. The van der Waals surface area contributed by atoms with Crippen LogP contribution in [0, 0.1) is 17.6 Å². The van der Waals surface area contributed by atoms with E-state index in [1.54, 1.807) is 7.05 Å². The lowest BCUT2D eigenvalue weighted by Gasteiger charge is -2.24. The fourth-order valence-electron chi connectivity index (χ4n) is 1.68. The molecule has 0 spiro atoms. The third-order valence-corrected chi connectivity index (χ3v) is 2.66. The molecule has 3 nitrogen and oxygen atoms in total. The first-order valence-corrected chi connectivity index (χ1v) is 4.91. The summed E-state index contributed by atoms with van der Waals surface area (Å²) in [6.07, 6.45) is 0.719. The van der Waals surface area contributed by atoms with Gasteiger partial charge in [-0.2, -0.15) is 9.37 Å². The Bertz CT molecular complexity index is 394. The highest BCUT2D eigenvalue weighted by atomic mass is 19.2. The van der Waals surface area contributed by atoms with Crippen molar-refractivity contribution in [2.45, 2.75) is 12.5 Å². The highest BCUT2D eigenvalue weighted by molar-refractivity contribution is 5.40. The van der Waals surface area contributed by atoms with E-state index in [4.69, 9.17) is 4.74 Å². The zero-order chi connectivity index (χ0) is 11.7. The molecule has 0 aromatic carbocycles. The van der Waals surface area contributed by atoms with Gasteiger partial charge >= 0.3 is 0 Å². The number of nitrogens with zero attached hydrogens (tertiary/aromatic N) is 2. The molecule has 0 radical (unpaired) electrons. The number of likely N-dealkylation sites (N-methyl/N-ethyl adjacent to an activating group) is 1. The first kappa shape index (κ1) is 11.2. The molecule has 1 aromatic rings. The second kappa shape index (κ2) is 4.29. The molecule has 0 saturated carbocycles. The molecule has 1 aliphatic heterocycles. The van der Waals surface area contributed by atoms with Crippen LogP contribution in [0.3, 0.4) is 0 Å². The molecule has 2 heterocycles. The van der Waals surface area contributed by atoms with Gasteiger partial charge in [0.25, 0.3) is 5.95 Å². The average molecular weight is 232 g/mol. The number of ether oxygens (including phenoxy) is 1. The number of aromatic nitrogens is 1. The SMILES string of the molecule is CN(c1nc(F)c(F)cc1F)C1CCOC1. The van der Waals surface area contributed by atoms with Crippen molar-refractivity contribution in [3.05, 3.63) is 23.6 Å². The Kier molecular flexibility index (Phi) is 3.00. The van der Waals surface area contributed by atoms with E-state index in [-0.39, 0.29) is 11.9 Å². The molecular weight excluding hydrogens is 221 g/mol. The molecule has 1 saturated heterocycles. The summed E-state index contributed by atoms with van der Waals surface area (Å²) in [4.78, 5) is 4.75. The fourth-order valence-corrected chi connectivity index (χ4v) is 1.68. The quantitative estimate of drug-likeness (QED) is 0.726. The Morgan fingerprint density at radius 1 is 1.38 bits per heavy atom. The van der Waals surface area contributed by atoms with Crippen molar-refractivity contribution < 1.29 is 17.9 Å². The van der Waals surface area contributed by atoms with E-state index in [0.29, 0.717) is 19.3 Å². The second-order valence-electron chi connectivity index (χ2n) is 3.69. The third kappa shape index (κ3) is 1.97. The van der Waals surface area contributed by atoms with Crippen LogP contribution in [0.4, 0.5) is 19.0 Å². The van der Waals surface area contributed by atoms with Gasteiger partial charge in [-0.1, -0.05) is 0 Å². The summed E-state index contributed by atoms with van der Waals surface area (Å²) in [5.74, 6) is -3.62. The average Bonchev–Trinajstić information content (AvgIpc) is 2.75. The standard InChI is InChI=1S/C10H11F3N2O/c1-15(6-2-3-16-5-6)10-8(12)4-7(11)9(13)14-10/h4,6H,2-3,5H2,1H3. The summed E-state index contributed by atoms with van der Waals surface area (Å²) in [5.41, 5.74) is 0. The minimum atomic E-state index is -1.29. The van der Waals surface area contributed by atoms with Crippen LogP contribution >= 0.6 is 0 Å². The van der Waals surface area contributed by atoms with E-state index in [1.165, 1.54) is 4.90 Å². The fraction of sp³-hybridized carbons (Fsp3) is 0.500. The maximum Gasteiger partial charge on any atom is 0.251 e. The van der Waals surface area contributed by atoms with E-state index in [1.807, 2.05) is 0 Å². The van der Waals surface area contributed by atoms with Crippen molar-refractivity contribution in [3.63, 3.8) is 0 Å². The van der Waals surface area contributed by atoms with Crippen LogP contribution in [0.1, 0.15) is 6.42 Å². The number of halogens is 3. The van der Waals surface area contributed by atoms with Crippen molar-refractivity contribution in [1.29, 1.82) is 0 Å². The molecule has 0 aliphatic carbocycles. The molecule has 1 unspecified atom stereocenters. The summed E-state index contributed by atoms with van der Waals surface area (Å²) >= 11 is 0. The predicted octanol–water partition coefficient (Wildman–Crippen LogP) is 1.72. The smallest absolute Gasteiger partial charge is 0.251 e. The van der Waals surface area contributed by atoms with Crippen LogP contribution in [0.25, 0.3) is 0 Å². The normalized spacial score (nSPS) is 20.1. The predicted molar refractivity (Wildman–Crippen MR) is 51.7 cm³/mol. The number of hydrogen-bond acceptors (Lipinski definition) is 3. The van der Waals surface area contributed by atoms with Gasteiger partial charge in [0.15, 0.2) is 17.5 Å². The van der Waals surface area contributed by atoms with Gasteiger partial charge in [0.05, 0.1) is 12.6 Å². The molecule has 1 aliphatic rings. The Hall–Kier alpha value is -1.30. The van der Waals surface area contributed by atoms with Crippen molar-refractivity contribution in [1.82, 2.24) is 4.98 Å². The highest BCUT2D eigenvalue weighted by Crippen LogP contribution is 2.22. The van der Waals surface area contributed by atoms with E-state index in [2.05, 4.69) is 4.98 Å². The van der Waals surface area contributed by atoms with E-state index >= 15 is 0 Å². The topological polar surface area (TPSA) is 25.4 Å². The minimum absolute atomic E-state index is 0.0492. The van der Waals surface area contributed by atoms with Gasteiger partial charge in [0, 0.05) is 19.7 Å². The van der Waals surface area contributed by atoms with Gasteiger partial charge < -0.3 is 9.64 Å². The number of rotatable bonds is 2. The van der Waals surface area contributed by atoms with Gasteiger partial charge in [0.1, 0.15) is 0 Å². The van der Waals surface area contributed by atoms with Gasteiger partial charge in [-0.3, -0.25) is 0 Å². The van der Waals surface area contributed by atoms with E-state index < -0.39 is 17.6 Å².